The zero-order chi connectivity index (χ0) is 29.7. The van der Waals surface area contributed by atoms with Crippen LogP contribution in [0.1, 0.15) is 67.3 Å². The van der Waals surface area contributed by atoms with Crippen molar-refractivity contribution in [1.82, 2.24) is 20.5 Å². The zero-order valence-corrected chi connectivity index (χ0v) is 27.6. The molecule has 1 amide bonds. The molecule has 0 spiro atoms. The number of aliphatic hydroxyl groups is 1. The summed E-state index contributed by atoms with van der Waals surface area (Å²) in [7, 11) is 4.28. The molecule has 4 aromatic rings. The molecular weight excluding hydrogens is 646 g/mol. The van der Waals surface area contributed by atoms with Gasteiger partial charge < -0.3 is 15.2 Å². The van der Waals surface area contributed by atoms with Crippen LogP contribution in [0.2, 0.25) is 0 Å². The predicted octanol–water partition coefficient (Wildman–Crippen LogP) is 5.90. The van der Waals surface area contributed by atoms with Crippen molar-refractivity contribution in [2.24, 2.45) is 11.3 Å². The molecule has 9 heteroatoms. The number of fused-ring (bicyclic) bond motifs is 1. The summed E-state index contributed by atoms with van der Waals surface area (Å²) in [6.45, 7) is 10.4. The maximum atomic E-state index is 13.5. The largest absolute Gasteiger partial charge is 0.494 e. The zero-order valence-electron chi connectivity index (χ0n) is 24.2. The number of carbonyl (C=O) groups excluding carboxylic acids is 1. The van der Waals surface area contributed by atoms with Crippen LogP contribution in [0, 0.1) is 21.8 Å². The van der Waals surface area contributed by atoms with Crippen molar-refractivity contribution in [2.45, 2.75) is 52.6 Å². The second-order valence-corrected chi connectivity index (χ2v) is 13.9. The van der Waals surface area contributed by atoms with Crippen molar-refractivity contribution in [1.29, 1.82) is 0 Å². The van der Waals surface area contributed by atoms with Gasteiger partial charge in [-0.2, -0.15) is 5.10 Å². The standard InChI is InChI=1S/C32H36IN4O3P/c1-17-11-19-12-20(13-26(40-6)28(19)37-36-17)30(38)34-16-22(24-15-31(24,2)3)25-14-23(32(4,5)39)27(33)29(35-25)18-7-9-21(41)10-8-18/h7-14,22,24,39H,15-16,41H2,1-6H3,(H,34,38). The lowest BCUT2D eigenvalue weighted by atomic mass is 9.89. The molecule has 1 saturated carbocycles. The summed E-state index contributed by atoms with van der Waals surface area (Å²) < 4.78 is 6.45. The number of amides is 1. The van der Waals surface area contributed by atoms with Gasteiger partial charge in [-0.3, -0.25) is 9.78 Å². The molecule has 0 aliphatic heterocycles. The van der Waals surface area contributed by atoms with E-state index in [0.717, 1.165) is 48.9 Å². The number of nitrogens with one attached hydrogen (secondary N) is 1. The Morgan fingerprint density at radius 2 is 1.88 bits per heavy atom. The fourth-order valence-corrected chi connectivity index (χ4v) is 6.93. The number of hydrogen-bond donors (Lipinski definition) is 2. The third kappa shape index (κ3) is 6.25. The lowest BCUT2D eigenvalue weighted by Gasteiger charge is -2.26. The Morgan fingerprint density at radius 1 is 1.20 bits per heavy atom. The van der Waals surface area contributed by atoms with Crippen LogP contribution in [0.15, 0.2) is 48.5 Å². The number of halogens is 1. The minimum Gasteiger partial charge on any atom is -0.494 e. The third-order valence-electron chi connectivity index (χ3n) is 8.02. The highest BCUT2D eigenvalue weighted by molar-refractivity contribution is 14.1. The van der Waals surface area contributed by atoms with Crippen molar-refractivity contribution in [3.63, 3.8) is 0 Å². The average molecular weight is 683 g/mol. The normalized spacial score (nSPS) is 16.9. The van der Waals surface area contributed by atoms with E-state index in [4.69, 9.17) is 9.72 Å². The van der Waals surface area contributed by atoms with E-state index in [1.165, 1.54) is 0 Å². The molecule has 0 saturated heterocycles. The maximum Gasteiger partial charge on any atom is 0.251 e. The first-order valence-electron chi connectivity index (χ1n) is 13.7. The van der Waals surface area contributed by atoms with E-state index in [0.29, 0.717) is 29.3 Å². The summed E-state index contributed by atoms with van der Waals surface area (Å²) in [6.07, 6.45) is 1.04. The van der Waals surface area contributed by atoms with Gasteiger partial charge >= 0.3 is 0 Å². The molecule has 0 radical (unpaired) electrons. The first-order chi connectivity index (χ1) is 19.3. The van der Waals surface area contributed by atoms with Crippen LogP contribution in [-0.2, 0) is 5.60 Å². The Balaban J connectivity index is 1.52. The number of carbonyl (C=O) groups is 1. The SMILES string of the molecule is COc1cc(C(=O)NCC(c2cc(C(C)(C)O)c(I)c(-c3ccc(P)cc3)n2)C2CC2(C)C)cc2cc(C)nnc12. The highest BCUT2D eigenvalue weighted by Gasteiger charge is 2.51. The molecule has 1 fully saturated rings. The van der Waals surface area contributed by atoms with Crippen LogP contribution < -0.4 is 15.4 Å². The molecule has 3 unspecified atom stereocenters. The van der Waals surface area contributed by atoms with E-state index in [2.05, 4.69) is 73.3 Å². The van der Waals surface area contributed by atoms with Gasteiger partial charge in [0.25, 0.3) is 5.91 Å². The third-order valence-corrected chi connectivity index (χ3v) is 9.49. The number of ether oxygens (including phenoxy) is 1. The molecule has 41 heavy (non-hydrogen) atoms. The number of aryl methyl sites for hydroxylation is 1. The molecule has 1 aliphatic rings. The van der Waals surface area contributed by atoms with Crippen LogP contribution in [0.5, 0.6) is 5.75 Å². The van der Waals surface area contributed by atoms with Gasteiger partial charge in [0, 0.05) is 43.8 Å². The van der Waals surface area contributed by atoms with Crippen LogP contribution in [0.4, 0.5) is 0 Å². The van der Waals surface area contributed by atoms with Crippen molar-refractivity contribution in [3.8, 4) is 17.0 Å². The number of hydrogen-bond acceptors (Lipinski definition) is 6. The quantitative estimate of drug-likeness (QED) is 0.178. The smallest absolute Gasteiger partial charge is 0.251 e. The average Bonchev–Trinajstić information content (AvgIpc) is 3.55. The van der Waals surface area contributed by atoms with E-state index in [1.54, 1.807) is 27.0 Å². The molecule has 5 rings (SSSR count). The monoisotopic (exact) mass is 682 g/mol. The lowest BCUT2D eigenvalue weighted by molar-refractivity contribution is 0.0774. The Morgan fingerprint density at radius 3 is 2.49 bits per heavy atom. The van der Waals surface area contributed by atoms with E-state index in [-0.39, 0.29) is 17.2 Å². The molecule has 0 bridgehead atoms. The summed E-state index contributed by atoms with van der Waals surface area (Å²) >= 11 is 2.29. The Bertz CT molecular complexity index is 1630. The highest BCUT2D eigenvalue weighted by Crippen LogP contribution is 2.58. The summed E-state index contributed by atoms with van der Waals surface area (Å²) in [6, 6.07) is 15.7. The van der Waals surface area contributed by atoms with E-state index in [1.807, 2.05) is 37.3 Å². The van der Waals surface area contributed by atoms with E-state index < -0.39 is 5.60 Å². The number of pyridine rings is 1. The van der Waals surface area contributed by atoms with Crippen molar-refractivity contribution in [3.05, 3.63) is 74.6 Å². The summed E-state index contributed by atoms with van der Waals surface area (Å²) in [5.41, 5.74) is 4.52. The fourth-order valence-electron chi connectivity index (χ4n) is 5.49. The molecule has 2 heterocycles. The summed E-state index contributed by atoms with van der Waals surface area (Å²) in [5.74, 6) is 0.640. The van der Waals surface area contributed by atoms with Gasteiger partial charge in [-0.1, -0.05) is 38.1 Å². The second kappa shape index (κ2) is 11.2. The lowest BCUT2D eigenvalue weighted by Crippen LogP contribution is -2.31. The van der Waals surface area contributed by atoms with E-state index >= 15 is 0 Å². The first-order valence-corrected chi connectivity index (χ1v) is 15.3. The Hall–Kier alpha value is -2.68. The van der Waals surface area contributed by atoms with Gasteiger partial charge in [0.1, 0.15) is 11.3 Å². The van der Waals surface area contributed by atoms with Crippen LogP contribution in [0.25, 0.3) is 22.2 Å². The topological polar surface area (TPSA) is 97.2 Å². The predicted molar refractivity (Wildman–Crippen MR) is 175 cm³/mol. The molecule has 2 aromatic carbocycles. The Kier molecular flexibility index (Phi) is 8.14. The number of methoxy groups -OCH3 is 1. The van der Waals surface area contributed by atoms with Crippen molar-refractivity contribution < 1.29 is 14.6 Å². The van der Waals surface area contributed by atoms with Gasteiger partial charge in [0.2, 0.25) is 0 Å². The Labute approximate surface area is 257 Å². The highest BCUT2D eigenvalue weighted by atomic mass is 127. The maximum absolute atomic E-state index is 13.5. The molecule has 2 aromatic heterocycles. The summed E-state index contributed by atoms with van der Waals surface area (Å²) in [5, 5.41) is 24.6. The number of rotatable bonds is 8. The van der Waals surface area contributed by atoms with Gasteiger partial charge in [-0.05, 0) is 90.7 Å². The first kappa shape index (κ1) is 29.8. The van der Waals surface area contributed by atoms with Gasteiger partial charge in [0.15, 0.2) is 0 Å². The fraction of sp³-hybridized carbons (Fsp3) is 0.375. The molecular formula is C32H36IN4O3P. The molecule has 7 nitrogen and oxygen atoms in total. The number of nitrogens with zero attached hydrogens (tertiary/aromatic N) is 3. The molecule has 214 valence electrons. The second-order valence-electron chi connectivity index (χ2n) is 12.2. The number of benzene rings is 2. The van der Waals surface area contributed by atoms with Crippen LogP contribution in [0.3, 0.4) is 0 Å². The van der Waals surface area contributed by atoms with Crippen molar-refractivity contribution >= 4 is 53.9 Å². The van der Waals surface area contributed by atoms with Gasteiger partial charge in [-0.15, -0.1) is 14.3 Å². The van der Waals surface area contributed by atoms with E-state index in [9.17, 15) is 9.90 Å². The molecule has 2 N–H and O–H groups in total. The van der Waals surface area contributed by atoms with Gasteiger partial charge in [-0.25, -0.2) is 0 Å². The van der Waals surface area contributed by atoms with Gasteiger partial charge in [0.05, 0.1) is 24.1 Å². The minimum absolute atomic E-state index is 0.0257. The summed E-state index contributed by atoms with van der Waals surface area (Å²) in [4.78, 5) is 18.7. The number of aromatic nitrogens is 3. The molecule has 3 atom stereocenters. The van der Waals surface area contributed by atoms with Crippen molar-refractivity contribution in [2.75, 3.05) is 13.7 Å². The van der Waals surface area contributed by atoms with Crippen LogP contribution >= 0.6 is 31.8 Å². The van der Waals surface area contributed by atoms with Crippen LogP contribution in [-0.4, -0.2) is 39.8 Å². The minimum atomic E-state index is -1.06. The molecule has 1 aliphatic carbocycles.